The number of rotatable bonds is 4. The summed E-state index contributed by atoms with van der Waals surface area (Å²) in [7, 11) is 0. The summed E-state index contributed by atoms with van der Waals surface area (Å²) >= 11 is 1.49. The molecule has 1 aromatic rings. The van der Waals surface area contributed by atoms with Crippen LogP contribution in [0.15, 0.2) is 0 Å². The molecule has 2 unspecified atom stereocenters. The molecule has 0 aromatic carbocycles. The summed E-state index contributed by atoms with van der Waals surface area (Å²) in [4.78, 5) is 4.51. The third kappa shape index (κ3) is 2.20. The van der Waals surface area contributed by atoms with Crippen LogP contribution in [0.4, 0.5) is 5.13 Å². The Balaban J connectivity index is 1.53. The largest absolute Gasteiger partial charge is 0.360 e. The molecule has 1 heterocycles. The smallest absolute Gasteiger partial charge is 0.202 e. The molecule has 16 heavy (non-hydrogen) atoms. The minimum absolute atomic E-state index is 0.378. The highest BCUT2D eigenvalue weighted by Gasteiger charge is 2.28. The van der Waals surface area contributed by atoms with Gasteiger partial charge in [0.1, 0.15) is 5.82 Å². The van der Waals surface area contributed by atoms with Gasteiger partial charge < -0.3 is 11.1 Å². The fourth-order valence-corrected chi connectivity index (χ4v) is 3.00. The molecule has 2 fully saturated rings. The van der Waals surface area contributed by atoms with Crippen LogP contribution in [0.25, 0.3) is 0 Å². The molecule has 0 spiro atoms. The molecule has 5 heteroatoms. The molecule has 88 valence electrons. The lowest BCUT2D eigenvalue weighted by Crippen LogP contribution is -2.29. The maximum atomic E-state index is 6.03. The van der Waals surface area contributed by atoms with Gasteiger partial charge in [0.15, 0.2) is 0 Å². The van der Waals surface area contributed by atoms with E-state index in [4.69, 9.17) is 5.73 Å². The van der Waals surface area contributed by atoms with Crippen molar-refractivity contribution in [2.45, 2.75) is 44.1 Å². The van der Waals surface area contributed by atoms with E-state index in [1.165, 1.54) is 43.6 Å². The topological polar surface area (TPSA) is 63.8 Å². The number of hydrogen-bond acceptors (Lipinski definition) is 5. The van der Waals surface area contributed by atoms with Crippen LogP contribution in [0.2, 0.25) is 0 Å². The Labute approximate surface area is 99.8 Å². The van der Waals surface area contributed by atoms with Crippen molar-refractivity contribution < 1.29 is 0 Å². The first-order chi connectivity index (χ1) is 7.83. The molecule has 2 aliphatic rings. The highest BCUT2D eigenvalue weighted by molar-refractivity contribution is 7.09. The van der Waals surface area contributed by atoms with Gasteiger partial charge in [-0.05, 0) is 31.6 Å². The van der Waals surface area contributed by atoms with Gasteiger partial charge in [0.25, 0.3) is 0 Å². The van der Waals surface area contributed by atoms with Crippen LogP contribution in [0.3, 0.4) is 0 Å². The Kier molecular flexibility index (Phi) is 2.81. The van der Waals surface area contributed by atoms with Crippen molar-refractivity contribution in [2.75, 3.05) is 11.9 Å². The van der Waals surface area contributed by atoms with E-state index in [2.05, 4.69) is 14.7 Å². The highest BCUT2D eigenvalue weighted by atomic mass is 32.1. The number of hydrogen-bond donors (Lipinski definition) is 2. The van der Waals surface area contributed by atoms with Gasteiger partial charge in [0.05, 0.1) is 0 Å². The molecule has 4 nitrogen and oxygen atoms in total. The Morgan fingerprint density at radius 2 is 2.19 bits per heavy atom. The van der Waals surface area contributed by atoms with Crippen molar-refractivity contribution in [1.29, 1.82) is 0 Å². The predicted molar refractivity (Wildman–Crippen MR) is 65.7 cm³/mol. The van der Waals surface area contributed by atoms with E-state index in [-0.39, 0.29) is 0 Å². The average Bonchev–Trinajstić information content (AvgIpc) is 2.89. The lowest BCUT2D eigenvalue weighted by Gasteiger charge is -2.14. The molecule has 2 saturated carbocycles. The van der Waals surface area contributed by atoms with Crippen LogP contribution >= 0.6 is 11.5 Å². The molecular weight excluding hydrogens is 220 g/mol. The van der Waals surface area contributed by atoms with Crippen molar-refractivity contribution in [3.63, 3.8) is 0 Å². The minimum atomic E-state index is 0.378. The number of anilines is 1. The van der Waals surface area contributed by atoms with E-state index in [9.17, 15) is 0 Å². The molecule has 0 radical (unpaired) electrons. The Morgan fingerprint density at radius 1 is 1.31 bits per heavy atom. The lowest BCUT2D eigenvalue weighted by molar-refractivity contribution is 0.505. The van der Waals surface area contributed by atoms with Gasteiger partial charge in [-0.1, -0.05) is 6.42 Å². The van der Waals surface area contributed by atoms with E-state index < -0.39 is 0 Å². The number of aromatic nitrogens is 2. The second-order valence-corrected chi connectivity index (χ2v) is 5.72. The van der Waals surface area contributed by atoms with Gasteiger partial charge in [-0.15, -0.1) is 0 Å². The first-order valence-corrected chi connectivity index (χ1v) is 6.93. The zero-order chi connectivity index (χ0) is 11.0. The van der Waals surface area contributed by atoms with E-state index in [0.717, 1.165) is 17.5 Å². The minimum Gasteiger partial charge on any atom is -0.360 e. The summed E-state index contributed by atoms with van der Waals surface area (Å²) in [6, 6.07) is 0.378. The summed E-state index contributed by atoms with van der Waals surface area (Å²) in [5, 5.41) is 4.36. The first kappa shape index (κ1) is 10.5. The summed E-state index contributed by atoms with van der Waals surface area (Å²) in [5.41, 5.74) is 6.03. The van der Waals surface area contributed by atoms with Crippen molar-refractivity contribution in [3.8, 4) is 0 Å². The van der Waals surface area contributed by atoms with Gasteiger partial charge in [-0.25, -0.2) is 4.98 Å². The average molecular weight is 238 g/mol. The summed E-state index contributed by atoms with van der Waals surface area (Å²) in [6.07, 6.45) is 6.24. The van der Waals surface area contributed by atoms with E-state index in [1.807, 2.05) is 0 Å². The molecule has 0 saturated heterocycles. The van der Waals surface area contributed by atoms with Crippen LogP contribution in [0, 0.1) is 5.92 Å². The molecule has 3 rings (SSSR count). The molecule has 2 atom stereocenters. The van der Waals surface area contributed by atoms with E-state index >= 15 is 0 Å². The molecular formula is C11H18N4S. The van der Waals surface area contributed by atoms with Gasteiger partial charge in [0, 0.05) is 30.0 Å². The third-order valence-corrected chi connectivity index (χ3v) is 4.30. The zero-order valence-corrected chi connectivity index (χ0v) is 10.2. The molecule has 0 amide bonds. The molecule has 3 N–H and O–H groups in total. The van der Waals surface area contributed by atoms with E-state index in [1.54, 1.807) is 0 Å². The number of nitrogens with one attached hydrogen (secondary N) is 1. The third-order valence-electron chi connectivity index (χ3n) is 3.62. The van der Waals surface area contributed by atoms with E-state index in [0.29, 0.717) is 17.9 Å². The Hall–Kier alpha value is -0.680. The van der Waals surface area contributed by atoms with Crippen LogP contribution < -0.4 is 11.1 Å². The predicted octanol–water partition coefficient (Wildman–Crippen LogP) is 1.95. The lowest BCUT2D eigenvalue weighted by atomic mass is 10.1. The summed E-state index contributed by atoms with van der Waals surface area (Å²) in [6.45, 7) is 0.959. The second kappa shape index (κ2) is 4.30. The van der Waals surface area contributed by atoms with Gasteiger partial charge >= 0.3 is 0 Å². The second-order valence-electron chi connectivity index (χ2n) is 4.97. The molecule has 2 aliphatic carbocycles. The van der Waals surface area contributed by atoms with Crippen molar-refractivity contribution in [2.24, 2.45) is 11.7 Å². The monoisotopic (exact) mass is 238 g/mol. The SMILES string of the molecule is NC1CCCC1CNc1nc(C2CC2)ns1. The molecule has 0 aliphatic heterocycles. The fourth-order valence-electron chi connectivity index (χ4n) is 2.35. The molecule has 1 aromatic heterocycles. The van der Waals surface area contributed by atoms with Crippen molar-refractivity contribution >= 4 is 16.7 Å². The standard InChI is InChI=1S/C11H18N4S/c12-9-3-1-2-8(9)6-13-11-14-10(15-16-11)7-4-5-7/h7-9H,1-6,12H2,(H,13,14,15). The Bertz CT molecular complexity index is 361. The summed E-state index contributed by atoms with van der Waals surface area (Å²) in [5.74, 6) is 2.32. The normalized spacial score (nSPS) is 29.6. The Morgan fingerprint density at radius 3 is 2.88 bits per heavy atom. The number of nitrogens with two attached hydrogens (primary N) is 1. The van der Waals surface area contributed by atoms with Gasteiger partial charge in [-0.2, -0.15) is 4.37 Å². The highest BCUT2D eigenvalue weighted by Crippen LogP contribution is 2.39. The summed E-state index contributed by atoms with van der Waals surface area (Å²) < 4.78 is 4.38. The van der Waals surface area contributed by atoms with Crippen LogP contribution in [-0.2, 0) is 0 Å². The maximum absolute atomic E-state index is 6.03. The number of nitrogens with zero attached hydrogens (tertiary/aromatic N) is 2. The van der Waals surface area contributed by atoms with Crippen LogP contribution in [0.1, 0.15) is 43.8 Å². The quantitative estimate of drug-likeness (QED) is 0.841. The fraction of sp³-hybridized carbons (Fsp3) is 0.818. The maximum Gasteiger partial charge on any atom is 0.202 e. The molecule has 0 bridgehead atoms. The van der Waals surface area contributed by atoms with Crippen molar-refractivity contribution in [1.82, 2.24) is 9.36 Å². The first-order valence-electron chi connectivity index (χ1n) is 6.16. The van der Waals surface area contributed by atoms with Crippen molar-refractivity contribution in [3.05, 3.63) is 5.82 Å². The van der Waals surface area contributed by atoms with Crippen LogP contribution in [-0.4, -0.2) is 21.9 Å². The van der Waals surface area contributed by atoms with Crippen LogP contribution in [0.5, 0.6) is 0 Å². The zero-order valence-electron chi connectivity index (χ0n) is 9.35. The van der Waals surface area contributed by atoms with Gasteiger partial charge in [0.2, 0.25) is 5.13 Å². The van der Waals surface area contributed by atoms with Gasteiger partial charge in [-0.3, -0.25) is 0 Å².